The van der Waals surface area contributed by atoms with Gasteiger partial charge in [0.2, 0.25) is 5.91 Å². The Morgan fingerprint density at radius 2 is 1.96 bits per heavy atom. The first-order valence-electron chi connectivity index (χ1n) is 8.25. The third kappa shape index (κ3) is 6.95. The van der Waals surface area contributed by atoms with Gasteiger partial charge in [0.25, 0.3) is 5.69 Å². The molecule has 0 bridgehead atoms. The van der Waals surface area contributed by atoms with Crippen molar-refractivity contribution < 1.29 is 9.72 Å². The smallest absolute Gasteiger partial charge is 0.269 e. The molecule has 0 saturated heterocycles. The Bertz CT molecular complexity index is 545. The summed E-state index contributed by atoms with van der Waals surface area (Å²) in [4.78, 5) is 22.2. The average molecular weight is 336 g/mol. The maximum Gasteiger partial charge on any atom is 0.269 e. The predicted molar refractivity (Wildman–Crippen MR) is 95.9 cm³/mol. The molecule has 1 aromatic carbocycles. The first-order chi connectivity index (χ1) is 11.3. The lowest BCUT2D eigenvalue weighted by molar-refractivity contribution is -0.384. The van der Waals surface area contributed by atoms with Gasteiger partial charge in [-0.1, -0.05) is 13.8 Å². The first-order valence-corrected chi connectivity index (χ1v) is 8.25. The van der Waals surface area contributed by atoms with Crippen LogP contribution < -0.4 is 16.4 Å². The van der Waals surface area contributed by atoms with Gasteiger partial charge in [0.1, 0.15) is 0 Å². The normalized spacial score (nSPS) is 13.4. The Hall–Kier alpha value is -2.15. The van der Waals surface area contributed by atoms with Crippen LogP contribution in [-0.4, -0.2) is 29.5 Å². The molecule has 1 atom stereocenters. The van der Waals surface area contributed by atoms with E-state index in [0.29, 0.717) is 31.8 Å². The zero-order valence-corrected chi connectivity index (χ0v) is 14.7. The number of rotatable bonds is 10. The van der Waals surface area contributed by atoms with Gasteiger partial charge in [0, 0.05) is 42.9 Å². The zero-order chi connectivity index (χ0) is 18.2. The number of carbonyl (C=O) groups excluding carboxylic acids is 1. The molecule has 0 aliphatic heterocycles. The van der Waals surface area contributed by atoms with E-state index in [1.54, 1.807) is 12.1 Å². The summed E-state index contributed by atoms with van der Waals surface area (Å²) in [6, 6.07) is 6.22. The topological polar surface area (TPSA) is 110 Å². The molecule has 4 N–H and O–H groups in total. The highest BCUT2D eigenvalue weighted by Crippen LogP contribution is 2.16. The highest BCUT2D eigenvalue weighted by molar-refractivity contribution is 5.76. The summed E-state index contributed by atoms with van der Waals surface area (Å²) in [5.41, 5.74) is 6.29. The van der Waals surface area contributed by atoms with Crippen LogP contribution in [-0.2, 0) is 4.79 Å². The molecule has 7 nitrogen and oxygen atoms in total. The minimum atomic E-state index is -0.431. The van der Waals surface area contributed by atoms with Crippen molar-refractivity contribution in [3.63, 3.8) is 0 Å². The zero-order valence-electron chi connectivity index (χ0n) is 14.7. The van der Waals surface area contributed by atoms with Crippen molar-refractivity contribution in [1.29, 1.82) is 0 Å². The van der Waals surface area contributed by atoms with E-state index in [0.717, 1.165) is 12.1 Å². The SMILES string of the molecule is CC(C)CC(C)(CN)NC(=O)CCCNc1ccc([N+](=O)[O-])cc1. The Morgan fingerprint density at radius 3 is 2.46 bits per heavy atom. The van der Waals surface area contributed by atoms with Gasteiger partial charge in [-0.25, -0.2) is 0 Å². The van der Waals surface area contributed by atoms with Gasteiger partial charge in [-0.3, -0.25) is 14.9 Å². The van der Waals surface area contributed by atoms with E-state index in [1.807, 2.05) is 6.92 Å². The van der Waals surface area contributed by atoms with Crippen LogP contribution in [0.3, 0.4) is 0 Å². The van der Waals surface area contributed by atoms with Crippen LogP contribution in [0.15, 0.2) is 24.3 Å². The van der Waals surface area contributed by atoms with Crippen LogP contribution in [0.1, 0.15) is 40.0 Å². The van der Waals surface area contributed by atoms with Gasteiger partial charge < -0.3 is 16.4 Å². The van der Waals surface area contributed by atoms with E-state index >= 15 is 0 Å². The number of non-ortho nitro benzene ring substituents is 1. The summed E-state index contributed by atoms with van der Waals surface area (Å²) >= 11 is 0. The van der Waals surface area contributed by atoms with Crippen molar-refractivity contribution in [2.24, 2.45) is 11.7 Å². The molecular weight excluding hydrogens is 308 g/mol. The highest BCUT2D eigenvalue weighted by atomic mass is 16.6. The molecule has 0 aliphatic carbocycles. The van der Waals surface area contributed by atoms with E-state index in [1.165, 1.54) is 12.1 Å². The van der Waals surface area contributed by atoms with E-state index in [2.05, 4.69) is 24.5 Å². The van der Waals surface area contributed by atoms with Crippen LogP contribution in [0.25, 0.3) is 0 Å². The Balaban J connectivity index is 2.33. The molecular formula is C17H28N4O3. The third-order valence-electron chi connectivity index (χ3n) is 3.74. The minimum absolute atomic E-state index is 0.00546. The summed E-state index contributed by atoms with van der Waals surface area (Å²) in [5, 5.41) is 16.8. The molecule has 0 spiro atoms. The fourth-order valence-electron chi connectivity index (χ4n) is 2.67. The van der Waals surface area contributed by atoms with Crippen LogP contribution in [0.2, 0.25) is 0 Å². The molecule has 7 heteroatoms. The van der Waals surface area contributed by atoms with Gasteiger partial charge in [0.05, 0.1) is 4.92 Å². The molecule has 1 rings (SSSR count). The van der Waals surface area contributed by atoms with Crippen molar-refractivity contribution in [3.8, 4) is 0 Å². The summed E-state index contributed by atoms with van der Waals surface area (Å²) in [7, 11) is 0. The number of amides is 1. The molecule has 24 heavy (non-hydrogen) atoms. The van der Waals surface area contributed by atoms with Gasteiger partial charge in [-0.15, -0.1) is 0 Å². The lowest BCUT2D eigenvalue weighted by Gasteiger charge is -2.31. The Morgan fingerprint density at radius 1 is 1.33 bits per heavy atom. The molecule has 1 unspecified atom stereocenters. The molecule has 1 amide bonds. The molecule has 0 aliphatic rings. The second-order valence-electron chi connectivity index (χ2n) is 6.75. The van der Waals surface area contributed by atoms with E-state index in [-0.39, 0.29) is 17.1 Å². The number of carbonyl (C=O) groups is 1. The summed E-state index contributed by atoms with van der Waals surface area (Å²) in [6.45, 7) is 7.22. The van der Waals surface area contributed by atoms with Crippen molar-refractivity contribution >= 4 is 17.3 Å². The lowest BCUT2D eigenvalue weighted by atomic mass is 9.90. The summed E-state index contributed by atoms with van der Waals surface area (Å²) in [5.74, 6) is 0.455. The quantitative estimate of drug-likeness (QED) is 0.346. The van der Waals surface area contributed by atoms with Crippen molar-refractivity contribution in [2.45, 2.75) is 45.6 Å². The molecule has 134 valence electrons. The number of hydrogen-bond donors (Lipinski definition) is 3. The van der Waals surface area contributed by atoms with Gasteiger partial charge in [-0.05, 0) is 37.8 Å². The van der Waals surface area contributed by atoms with Crippen LogP contribution in [0.4, 0.5) is 11.4 Å². The van der Waals surface area contributed by atoms with Crippen LogP contribution >= 0.6 is 0 Å². The van der Waals surface area contributed by atoms with Crippen LogP contribution in [0, 0.1) is 16.0 Å². The largest absolute Gasteiger partial charge is 0.385 e. The Kier molecular flexibility index (Phi) is 7.64. The standard InChI is InChI=1S/C17H28N4O3/c1-13(2)11-17(3,12-18)20-16(22)5-4-10-19-14-6-8-15(9-7-14)21(23)24/h6-9,13,19H,4-5,10-12,18H2,1-3H3,(H,20,22). The maximum atomic E-state index is 12.1. The molecule has 0 saturated carbocycles. The van der Waals surface area contributed by atoms with Crippen molar-refractivity contribution in [3.05, 3.63) is 34.4 Å². The van der Waals surface area contributed by atoms with Gasteiger partial charge in [-0.2, -0.15) is 0 Å². The van der Waals surface area contributed by atoms with E-state index < -0.39 is 4.92 Å². The second kappa shape index (κ2) is 9.22. The number of nitro groups is 1. The molecule has 0 aromatic heterocycles. The number of hydrogen-bond acceptors (Lipinski definition) is 5. The number of nitrogens with zero attached hydrogens (tertiary/aromatic N) is 1. The molecule has 0 radical (unpaired) electrons. The highest BCUT2D eigenvalue weighted by Gasteiger charge is 2.25. The molecule has 0 heterocycles. The van der Waals surface area contributed by atoms with Gasteiger partial charge >= 0.3 is 0 Å². The first kappa shape index (κ1) is 19.9. The van der Waals surface area contributed by atoms with Crippen molar-refractivity contribution in [2.75, 3.05) is 18.4 Å². The monoisotopic (exact) mass is 336 g/mol. The lowest BCUT2D eigenvalue weighted by Crippen LogP contribution is -2.52. The fraction of sp³-hybridized carbons (Fsp3) is 0.588. The average Bonchev–Trinajstić information content (AvgIpc) is 2.51. The number of nitro benzene ring substituents is 1. The molecule has 1 aromatic rings. The maximum absolute atomic E-state index is 12.1. The summed E-state index contributed by atoms with van der Waals surface area (Å²) in [6.07, 6.45) is 1.93. The fourth-order valence-corrected chi connectivity index (χ4v) is 2.67. The number of nitrogens with two attached hydrogens (primary N) is 1. The van der Waals surface area contributed by atoms with E-state index in [4.69, 9.17) is 5.73 Å². The third-order valence-corrected chi connectivity index (χ3v) is 3.74. The number of nitrogens with one attached hydrogen (secondary N) is 2. The van der Waals surface area contributed by atoms with E-state index in [9.17, 15) is 14.9 Å². The number of anilines is 1. The van der Waals surface area contributed by atoms with Crippen LogP contribution in [0.5, 0.6) is 0 Å². The summed E-state index contributed by atoms with van der Waals surface area (Å²) < 4.78 is 0. The Labute approximate surface area is 143 Å². The minimum Gasteiger partial charge on any atom is -0.385 e. The second-order valence-corrected chi connectivity index (χ2v) is 6.75. The molecule has 0 fully saturated rings. The number of benzene rings is 1. The predicted octanol–water partition coefficient (Wildman–Crippen LogP) is 2.67. The van der Waals surface area contributed by atoms with Crippen molar-refractivity contribution in [1.82, 2.24) is 5.32 Å². The van der Waals surface area contributed by atoms with Gasteiger partial charge in [0.15, 0.2) is 0 Å².